The molecule has 0 radical (unpaired) electrons. The van der Waals surface area contributed by atoms with Crippen LogP contribution in [0.15, 0.2) is 56.9 Å². The van der Waals surface area contributed by atoms with Gasteiger partial charge >= 0.3 is 5.97 Å². The van der Waals surface area contributed by atoms with E-state index in [0.717, 1.165) is 21.8 Å². The first kappa shape index (κ1) is 27.1. The van der Waals surface area contributed by atoms with Crippen molar-refractivity contribution in [2.24, 2.45) is 5.16 Å². The zero-order valence-electron chi connectivity index (χ0n) is 21.0. The fourth-order valence-electron chi connectivity index (χ4n) is 4.14. The number of nitrogens with one attached hydrogen (secondary N) is 1. The molecule has 0 saturated carbocycles. The van der Waals surface area contributed by atoms with E-state index in [0.29, 0.717) is 11.2 Å². The highest BCUT2D eigenvalue weighted by molar-refractivity contribution is 8.00. The third kappa shape index (κ3) is 4.86. The van der Waals surface area contributed by atoms with Crippen LogP contribution in [0.5, 0.6) is 0 Å². The van der Waals surface area contributed by atoms with Crippen molar-refractivity contribution in [3.05, 3.63) is 53.0 Å². The maximum absolute atomic E-state index is 13.2. The molecule has 5 rings (SSSR count). The van der Waals surface area contributed by atoms with Crippen LogP contribution in [0, 0.1) is 0 Å². The van der Waals surface area contributed by atoms with Crippen molar-refractivity contribution >= 4 is 68.8 Å². The van der Waals surface area contributed by atoms with Gasteiger partial charge in [-0.05, 0) is 19.9 Å². The molecule has 3 aromatic rings. The van der Waals surface area contributed by atoms with Gasteiger partial charge in [-0.1, -0.05) is 5.16 Å². The number of hydrogen-bond acceptors (Lipinski definition) is 12. The minimum Gasteiger partial charge on any atom is -0.543 e. The van der Waals surface area contributed by atoms with Gasteiger partial charge in [-0.15, -0.1) is 23.1 Å². The number of rotatable bonds is 9. The number of oxime groups is 1. The molecule has 5 heterocycles. The van der Waals surface area contributed by atoms with Gasteiger partial charge in [-0.25, -0.2) is 9.78 Å². The standard InChI is InChI=1S/C24H22N6O8S2/c1-24(2,22(35)36)38-28-15(12-10-40-23(25)26-12)18(31)27-16-19(32)30-17(21(33)34)11(9-39-20(16)30)8-29-6-3-4-14-13(29)5-7-37-14/h3-7,10,16,20H,8-9H2,1-2H3,(H4-,25,26,27,31,33,34,35,36)/t16?,20-/m0/s1. The van der Waals surface area contributed by atoms with E-state index in [1.165, 1.54) is 37.3 Å². The van der Waals surface area contributed by atoms with Crippen molar-refractivity contribution in [3.63, 3.8) is 0 Å². The first-order valence-corrected chi connectivity index (χ1v) is 13.7. The quantitative estimate of drug-likeness (QED) is 0.125. The Morgan fingerprint density at radius 1 is 1.40 bits per heavy atom. The molecule has 3 aromatic heterocycles. The Morgan fingerprint density at radius 3 is 2.85 bits per heavy atom. The molecule has 2 aliphatic rings. The van der Waals surface area contributed by atoms with Gasteiger partial charge < -0.3 is 35.3 Å². The summed E-state index contributed by atoms with van der Waals surface area (Å²) in [5, 5.41) is 28.6. The van der Waals surface area contributed by atoms with Gasteiger partial charge in [0.05, 0.1) is 17.9 Å². The molecule has 16 heteroatoms. The molecule has 2 amide bonds. The minimum absolute atomic E-state index is 0.0177. The van der Waals surface area contributed by atoms with Crippen molar-refractivity contribution in [1.82, 2.24) is 15.2 Å². The number of carbonyl (C=O) groups is 4. The Labute approximate surface area is 234 Å². The number of aromatic nitrogens is 2. The number of fused-ring (bicyclic) bond motifs is 2. The Hall–Kier alpha value is -4.44. The summed E-state index contributed by atoms with van der Waals surface area (Å²) < 4.78 is 7.21. The van der Waals surface area contributed by atoms with Crippen LogP contribution >= 0.6 is 23.1 Å². The number of pyridine rings is 1. The first-order chi connectivity index (χ1) is 19.0. The number of hydrogen-bond donors (Lipinski definition) is 3. The van der Waals surface area contributed by atoms with E-state index in [4.69, 9.17) is 15.0 Å². The van der Waals surface area contributed by atoms with Crippen LogP contribution in [-0.4, -0.2) is 67.2 Å². The average Bonchev–Trinajstić information content (AvgIpc) is 3.56. The average molecular weight is 587 g/mol. The van der Waals surface area contributed by atoms with E-state index in [9.17, 15) is 29.4 Å². The van der Waals surface area contributed by atoms with E-state index < -0.39 is 46.5 Å². The van der Waals surface area contributed by atoms with Crippen molar-refractivity contribution in [3.8, 4) is 0 Å². The summed E-state index contributed by atoms with van der Waals surface area (Å²) in [6.07, 6.45) is 3.30. The summed E-state index contributed by atoms with van der Waals surface area (Å²) in [6, 6.07) is 4.21. The molecule has 1 unspecified atom stereocenters. The van der Waals surface area contributed by atoms with Gasteiger partial charge in [-0.3, -0.25) is 14.5 Å². The lowest BCUT2D eigenvalue weighted by Gasteiger charge is -2.50. The van der Waals surface area contributed by atoms with Crippen LogP contribution in [0.3, 0.4) is 0 Å². The molecule has 2 atom stereocenters. The van der Waals surface area contributed by atoms with Gasteiger partial charge in [0.15, 0.2) is 29.2 Å². The second-order valence-electron chi connectivity index (χ2n) is 9.32. The Kier molecular flexibility index (Phi) is 6.97. The van der Waals surface area contributed by atoms with Crippen molar-refractivity contribution < 1.29 is 43.2 Å². The zero-order valence-corrected chi connectivity index (χ0v) is 22.7. The number of furan rings is 1. The smallest absolute Gasteiger partial charge is 0.350 e. The number of anilines is 1. The molecule has 1 saturated heterocycles. The number of nitrogen functional groups attached to an aromatic ring is 1. The number of aliphatic carboxylic acids is 2. The zero-order chi connectivity index (χ0) is 28.8. The van der Waals surface area contributed by atoms with Crippen LogP contribution in [0.25, 0.3) is 11.1 Å². The van der Waals surface area contributed by atoms with E-state index in [2.05, 4.69) is 15.5 Å². The topological polar surface area (TPSA) is 204 Å². The fraction of sp³-hybridized carbons (Fsp3) is 0.292. The lowest BCUT2D eigenvalue weighted by molar-refractivity contribution is -0.663. The van der Waals surface area contributed by atoms with E-state index in [1.54, 1.807) is 24.4 Å². The molecule has 0 aliphatic carbocycles. The van der Waals surface area contributed by atoms with Crippen LogP contribution in [0.2, 0.25) is 0 Å². The Morgan fingerprint density at radius 2 is 2.17 bits per heavy atom. The molecule has 1 fully saturated rings. The normalized spacial score (nSPS) is 19.3. The lowest BCUT2D eigenvalue weighted by atomic mass is 10.0. The highest BCUT2D eigenvalue weighted by Crippen LogP contribution is 2.40. The minimum atomic E-state index is -1.77. The van der Waals surface area contributed by atoms with Crippen molar-refractivity contribution in [1.29, 1.82) is 0 Å². The molecule has 4 N–H and O–H groups in total. The molecular formula is C24H22N6O8S2. The van der Waals surface area contributed by atoms with Crippen LogP contribution in [-0.2, 0) is 30.6 Å². The molecular weight excluding hydrogens is 564 g/mol. The largest absolute Gasteiger partial charge is 0.543 e. The highest BCUT2D eigenvalue weighted by atomic mass is 32.2. The lowest BCUT2D eigenvalue weighted by Crippen LogP contribution is -2.71. The van der Waals surface area contributed by atoms with Gasteiger partial charge in [0.2, 0.25) is 5.60 Å². The number of β-lactam (4-membered cyclic amide) rings is 1. The number of carboxylic acid groups (broad SMARTS) is 2. The summed E-state index contributed by atoms with van der Waals surface area (Å²) in [5.74, 6) is -4.11. The third-order valence-corrected chi connectivity index (χ3v) is 8.26. The SMILES string of the molecule is CC(C)(ON=C(C(=O)NC1C(=O)N2C(C(=O)[O-])=C(C[n+]3cccc4occc43)CS[C@@H]12)c1csc(N)n1)C(=O)O. The third-order valence-electron chi connectivity index (χ3n) is 6.24. The number of carboxylic acids is 2. The molecule has 2 aliphatic heterocycles. The fourth-order valence-corrected chi connectivity index (χ4v) is 6.02. The number of nitrogens with two attached hydrogens (primary N) is 1. The summed E-state index contributed by atoms with van der Waals surface area (Å²) in [4.78, 5) is 60.1. The molecule has 208 valence electrons. The van der Waals surface area contributed by atoms with Crippen molar-refractivity contribution in [2.75, 3.05) is 11.5 Å². The van der Waals surface area contributed by atoms with Gasteiger partial charge in [0.1, 0.15) is 17.1 Å². The summed E-state index contributed by atoms with van der Waals surface area (Å²) in [5.41, 5.74) is 5.12. The molecule has 40 heavy (non-hydrogen) atoms. The van der Waals surface area contributed by atoms with Crippen LogP contribution in [0.1, 0.15) is 19.5 Å². The number of nitrogens with zero attached hydrogens (tertiary/aromatic N) is 4. The predicted octanol–water partition coefficient (Wildman–Crippen LogP) is -0.553. The number of thiazole rings is 1. The predicted molar refractivity (Wildman–Crippen MR) is 139 cm³/mol. The second kappa shape index (κ2) is 10.3. The second-order valence-corrected chi connectivity index (χ2v) is 11.3. The maximum Gasteiger partial charge on any atom is 0.350 e. The summed E-state index contributed by atoms with van der Waals surface area (Å²) >= 11 is 2.30. The van der Waals surface area contributed by atoms with Gasteiger partial charge in [0.25, 0.3) is 17.3 Å². The molecule has 14 nitrogen and oxygen atoms in total. The Balaban J connectivity index is 1.38. The van der Waals surface area contributed by atoms with E-state index in [1.807, 2.05) is 4.57 Å². The van der Waals surface area contributed by atoms with Gasteiger partial charge in [-0.2, -0.15) is 4.57 Å². The number of carbonyl (C=O) groups excluding carboxylic acids is 3. The van der Waals surface area contributed by atoms with E-state index >= 15 is 0 Å². The van der Waals surface area contributed by atoms with E-state index in [-0.39, 0.29) is 28.8 Å². The number of amides is 2. The molecule has 0 spiro atoms. The van der Waals surface area contributed by atoms with Crippen molar-refractivity contribution in [2.45, 2.75) is 37.4 Å². The number of thioether (sulfide) groups is 1. The molecule has 0 bridgehead atoms. The van der Waals surface area contributed by atoms with Crippen LogP contribution < -0.4 is 20.7 Å². The first-order valence-electron chi connectivity index (χ1n) is 11.7. The van der Waals surface area contributed by atoms with Crippen LogP contribution in [0.4, 0.5) is 5.13 Å². The summed E-state index contributed by atoms with van der Waals surface area (Å²) in [6.45, 7) is 2.67. The highest BCUT2D eigenvalue weighted by Gasteiger charge is 2.53. The monoisotopic (exact) mass is 586 g/mol. The summed E-state index contributed by atoms with van der Waals surface area (Å²) in [7, 11) is 0. The maximum atomic E-state index is 13.2. The Bertz CT molecular complexity index is 1610. The molecule has 0 aromatic carbocycles. The van der Waals surface area contributed by atoms with Gasteiger partial charge in [0, 0.05) is 28.8 Å².